The first kappa shape index (κ1) is 12.1. The Labute approximate surface area is 113 Å². The van der Waals surface area contributed by atoms with Crippen LogP contribution in [0.25, 0.3) is 0 Å². The molecule has 0 aromatic heterocycles. The van der Waals surface area contributed by atoms with E-state index in [4.69, 9.17) is 23.2 Å². The molecule has 1 amide bonds. The van der Waals surface area contributed by atoms with Crippen molar-refractivity contribution in [2.45, 2.75) is 19.3 Å². The smallest absolute Gasteiger partial charge is 0.226 e. The van der Waals surface area contributed by atoms with Gasteiger partial charge in [-0.15, -0.1) is 23.2 Å². The van der Waals surface area contributed by atoms with Crippen molar-refractivity contribution in [3.05, 3.63) is 0 Å². The van der Waals surface area contributed by atoms with Crippen LogP contribution in [0.15, 0.2) is 0 Å². The van der Waals surface area contributed by atoms with Gasteiger partial charge in [-0.2, -0.15) is 0 Å². The van der Waals surface area contributed by atoms with Crippen molar-refractivity contribution in [2.24, 2.45) is 29.6 Å². The van der Waals surface area contributed by atoms with Crippen LogP contribution in [0.5, 0.6) is 0 Å². The molecule has 0 saturated heterocycles. The number of hydrogen-bond acceptors (Lipinski definition) is 1. The summed E-state index contributed by atoms with van der Waals surface area (Å²) in [6.07, 6.45) is 4.12. The van der Waals surface area contributed by atoms with E-state index < -0.39 is 0 Å². The quantitative estimate of drug-likeness (QED) is 0.707. The van der Waals surface area contributed by atoms with Crippen LogP contribution in [0.4, 0.5) is 0 Å². The second-order valence-corrected chi connectivity index (χ2v) is 6.47. The predicted octanol–water partition coefficient (Wildman–Crippen LogP) is 2.58. The number of fused-ring (bicyclic) bond motifs is 5. The largest absolute Gasteiger partial charge is 0.340 e. The molecule has 3 aliphatic carbocycles. The van der Waals surface area contributed by atoms with Gasteiger partial charge in [0, 0.05) is 30.8 Å². The summed E-state index contributed by atoms with van der Waals surface area (Å²) >= 11 is 11.5. The molecule has 3 rings (SSSR count). The van der Waals surface area contributed by atoms with Crippen LogP contribution >= 0.6 is 23.2 Å². The average molecular weight is 276 g/mol. The molecule has 0 aliphatic heterocycles. The number of carbonyl (C=O) groups is 1. The Balaban J connectivity index is 1.63. The highest BCUT2D eigenvalue weighted by molar-refractivity contribution is 6.18. The lowest BCUT2D eigenvalue weighted by molar-refractivity contribution is -0.133. The highest BCUT2D eigenvalue weighted by Crippen LogP contribution is 2.69. The van der Waals surface area contributed by atoms with Crippen LogP contribution in [0.1, 0.15) is 19.3 Å². The zero-order chi connectivity index (χ0) is 12.0. The van der Waals surface area contributed by atoms with Crippen molar-refractivity contribution in [1.29, 1.82) is 0 Å². The maximum Gasteiger partial charge on any atom is 0.226 e. The van der Waals surface area contributed by atoms with E-state index in [9.17, 15) is 4.79 Å². The molecule has 0 heterocycles. The molecule has 0 aromatic rings. The fraction of sp³-hybridized carbons (Fsp3) is 0.923. The second-order valence-electron chi connectivity index (χ2n) is 5.72. The normalized spacial score (nSPS) is 41.4. The predicted molar refractivity (Wildman–Crippen MR) is 69.3 cm³/mol. The molecule has 0 N–H and O–H groups in total. The van der Waals surface area contributed by atoms with Gasteiger partial charge in [-0.25, -0.2) is 0 Å². The van der Waals surface area contributed by atoms with Gasteiger partial charge in [-0.1, -0.05) is 0 Å². The third kappa shape index (κ3) is 1.88. The van der Waals surface area contributed by atoms with Gasteiger partial charge >= 0.3 is 0 Å². The Kier molecular flexibility index (Phi) is 3.29. The molecule has 3 saturated carbocycles. The van der Waals surface area contributed by atoms with Gasteiger partial charge in [-0.05, 0) is 42.9 Å². The topological polar surface area (TPSA) is 20.3 Å². The third-order valence-electron chi connectivity index (χ3n) is 5.04. The molecule has 0 aromatic carbocycles. The van der Waals surface area contributed by atoms with E-state index in [0.717, 1.165) is 23.7 Å². The van der Waals surface area contributed by atoms with Crippen molar-refractivity contribution in [3.8, 4) is 0 Å². The van der Waals surface area contributed by atoms with Crippen LogP contribution < -0.4 is 0 Å². The van der Waals surface area contributed by atoms with Crippen molar-refractivity contribution in [2.75, 3.05) is 24.8 Å². The van der Waals surface area contributed by atoms with Crippen LogP contribution in [-0.2, 0) is 4.79 Å². The van der Waals surface area contributed by atoms with Crippen molar-refractivity contribution in [1.82, 2.24) is 4.90 Å². The monoisotopic (exact) mass is 275 g/mol. The SMILES string of the molecule is O=C(C1C2C3CCC(C3)C12)N(CCCl)CCCl. The van der Waals surface area contributed by atoms with Gasteiger partial charge in [0.2, 0.25) is 5.91 Å². The van der Waals surface area contributed by atoms with E-state index in [-0.39, 0.29) is 0 Å². The summed E-state index contributed by atoms with van der Waals surface area (Å²) in [4.78, 5) is 14.3. The van der Waals surface area contributed by atoms with E-state index in [2.05, 4.69) is 0 Å². The summed E-state index contributed by atoms with van der Waals surface area (Å²) in [5.41, 5.74) is 0. The Morgan fingerprint density at radius 3 is 2.06 bits per heavy atom. The highest BCUT2D eigenvalue weighted by atomic mass is 35.5. The van der Waals surface area contributed by atoms with Crippen LogP contribution in [-0.4, -0.2) is 35.7 Å². The van der Waals surface area contributed by atoms with Gasteiger partial charge in [0.1, 0.15) is 0 Å². The maximum absolute atomic E-state index is 12.4. The van der Waals surface area contributed by atoms with Crippen molar-refractivity contribution >= 4 is 29.1 Å². The van der Waals surface area contributed by atoms with Crippen LogP contribution in [0, 0.1) is 29.6 Å². The van der Waals surface area contributed by atoms with Crippen molar-refractivity contribution in [3.63, 3.8) is 0 Å². The lowest BCUT2D eigenvalue weighted by Crippen LogP contribution is -2.36. The first-order chi connectivity index (χ1) is 8.27. The first-order valence-electron chi connectivity index (χ1n) is 6.68. The maximum atomic E-state index is 12.4. The lowest BCUT2D eigenvalue weighted by atomic mass is 10.0. The molecule has 0 radical (unpaired) electrons. The van der Waals surface area contributed by atoms with E-state index in [1.165, 1.54) is 19.3 Å². The van der Waals surface area contributed by atoms with Gasteiger partial charge in [-0.3, -0.25) is 4.79 Å². The molecule has 4 heteroatoms. The minimum atomic E-state index is 0.327. The summed E-state index contributed by atoms with van der Waals surface area (Å²) in [6, 6.07) is 0. The Morgan fingerprint density at radius 2 is 1.59 bits per heavy atom. The molecule has 3 fully saturated rings. The molecule has 3 aliphatic rings. The molecule has 96 valence electrons. The number of carbonyl (C=O) groups excluding carboxylic acids is 1. The minimum absolute atomic E-state index is 0.327. The first-order valence-corrected chi connectivity index (χ1v) is 7.75. The van der Waals surface area contributed by atoms with E-state index in [1.807, 2.05) is 4.90 Å². The summed E-state index contributed by atoms with van der Waals surface area (Å²) < 4.78 is 0. The van der Waals surface area contributed by atoms with Crippen LogP contribution in [0.3, 0.4) is 0 Å². The number of rotatable bonds is 5. The fourth-order valence-corrected chi connectivity index (χ4v) is 4.81. The molecule has 17 heavy (non-hydrogen) atoms. The third-order valence-corrected chi connectivity index (χ3v) is 5.38. The number of halogens is 2. The molecule has 2 nitrogen and oxygen atoms in total. The van der Waals surface area contributed by atoms with Gasteiger partial charge < -0.3 is 4.90 Å². The van der Waals surface area contributed by atoms with E-state index >= 15 is 0 Å². The Morgan fingerprint density at radius 1 is 1.06 bits per heavy atom. The van der Waals surface area contributed by atoms with Gasteiger partial charge in [0.05, 0.1) is 0 Å². The van der Waals surface area contributed by atoms with Crippen LogP contribution in [0.2, 0.25) is 0 Å². The zero-order valence-corrected chi connectivity index (χ0v) is 11.5. The summed E-state index contributed by atoms with van der Waals surface area (Å²) in [5.74, 6) is 4.82. The highest BCUT2D eigenvalue weighted by Gasteiger charge is 2.67. The molecule has 4 atom stereocenters. The summed E-state index contributed by atoms with van der Waals surface area (Å²) in [6.45, 7) is 1.30. The second kappa shape index (κ2) is 4.62. The zero-order valence-electron chi connectivity index (χ0n) is 9.95. The van der Waals surface area contributed by atoms with E-state index in [0.29, 0.717) is 36.7 Å². The fourth-order valence-electron chi connectivity index (χ4n) is 4.40. The lowest BCUT2D eigenvalue weighted by Gasteiger charge is -2.22. The average Bonchev–Trinajstić information content (AvgIpc) is 2.76. The van der Waals surface area contributed by atoms with Crippen molar-refractivity contribution < 1.29 is 4.79 Å². The molecular weight excluding hydrogens is 257 g/mol. The standard InChI is InChI=1S/C13H19Cl2NO/c14-3-5-16(6-4-15)13(17)12-10-8-1-2-9(7-8)11(10)12/h8-12H,1-7H2. The molecule has 4 unspecified atom stereocenters. The number of amides is 1. The Hall–Kier alpha value is 0.0500. The molecular formula is C13H19Cl2NO. The number of hydrogen-bond donors (Lipinski definition) is 0. The Bertz CT molecular complexity index is 301. The minimum Gasteiger partial charge on any atom is -0.340 e. The molecule has 0 spiro atoms. The molecule has 2 bridgehead atoms. The number of nitrogens with zero attached hydrogens (tertiary/aromatic N) is 1. The summed E-state index contributed by atoms with van der Waals surface area (Å²) in [7, 11) is 0. The van der Waals surface area contributed by atoms with Gasteiger partial charge in [0.15, 0.2) is 0 Å². The van der Waals surface area contributed by atoms with E-state index in [1.54, 1.807) is 0 Å². The summed E-state index contributed by atoms with van der Waals surface area (Å²) in [5, 5.41) is 0. The number of alkyl halides is 2. The van der Waals surface area contributed by atoms with Gasteiger partial charge in [0.25, 0.3) is 0 Å².